The Labute approximate surface area is 143 Å². The van der Waals surface area contributed by atoms with Gasteiger partial charge in [-0.05, 0) is 41.1 Å². The van der Waals surface area contributed by atoms with Crippen LogP contribution in [0.5, 0.6) is 0 Å². The molecule has 1 aliphatic heterocycles. The summed E-state index contributed by atoms with van der Waals surface area (Å²) in [6.45, 7) is 2.19. The van der Waals surface area contributed by atoms with Crippen LogP contribution < -0.4 is 4.57 Å². The molecule has 1 aromatic heterocycles. The van der Waals surface area contributed by atoms with Crippen molar-refractivity contribution in [2.45, 2.75) is 6.92 Å². The summed E-state index contributed by atoms with van der Waals surface area (Å²) in [6.07, 6.45) is 3.87. The molecular weight excluding hydrogens is 389 g/mol. The van der Waals surface area contributed by atoms with Crippen LogP contribution in [0.25, 0.3) is 14.8 Å². The molecule has 0 spiro atoms. The average molecular weight is 404 g/mol. The van der Waals surface area contributed by atoms with Gasteiger partial charge in [0.25, 0.3) is 0 Å². The van der Waals surface area contributed by atoms with Crippen LogP contribution in [0.4, 0.5) is 0 Å². The van der Waals surface area contributed by atoms with E-state index in [9.17, 15) is 4.79 Å². The number of esters is 1. The lowest BCUT2D eigenvalue weighted by Gasteiger charge is -2.01. The van der Waals surface area contributed by atoms with Crippen molar-refractivity contribution in [3.8, 4) is 0 Å². The number of benzene rings is 1. The zero-order chi connectivity index (χ0) is 15.5. The van der Waals surface area contributed by atoms with Gasteiger partial charge in [0, 0.05) is 18.2 Å². The molecule has 0 amide bonds. The summed E-state index contributed by atoms with van der Waals surface area (Å²) in [4.78, 5) is 12.2. The van der Waals surface area contributed by atoms with E-state index in [1.165, 1.54) is 0 Å². The summed E-state index contributed by atoms with van der Waals surface area (Å²) in [5.74, 6) is -0.283. The van der Waals surface area contributed by atoms with Gasteiger partial charge < -0.3 is 4.74 Å². The zero-order valence-corrected chi connectivity index (χ0v) is 14.3. The molecule has 0 aliphatic carbocycles. The van der Waals surface area contributed by atoms with Crippen LogP contribution in [0, 0.1) is 0 Å². The molecule has 4 heteroatoms. The van der Waals surface area contributed by atoms with Gasteiger partial charge in [0.1, 0.15) is 5.57 Å². The summed E-state index contributed by atoms with van der Waals surface area (Å²) in [7, 11) is 0. The van der Waals surface area contributed by atoms with Gasteiger partial charge >= 0.3 is 5.97 Å². The Morgan fingerprint density at radius 3 is 2.59 bits per heavy atom. The van der Waals surface area contributed by atoms with Crippen molar-refractivity contribution in [2.75, 3.05) is 6.61 Å². The van der Waals surface area contributed by atoms with Crippen molar-refractivity contribution in [2.24, 2.45) is 0 Å². The first-order chi connectivity index (χ1) is 10.7. The Balaban J connectivity index is 2.15. The monoisotopic (exact) mass is 404 g/mol. The van der Waals surface area contributed by atoms with E-state index in [-0.39, 0.29) is 5.97 Å². The number of carbonyl (C=O) groups excluding carboxylic acids is 1. The summed E-state index contributed by atoms with van der Waals surface area (Å²) in [5.41, 5.74) is 3.58. The summed E-state index contributed by atoms with van der Waals surface area (Å²) in [5, 5.41) is 0. The van der Waals surface area contributed by atoms with Gasteiger partial charge in [-0.15, -0.1) is 0 Å². The van der Waals surface area contributed by atoms with Crippen LogP contribution in [0.15, 0.2) is 60.8 Å². The van der Waals surface area contributed by atoms with E-state index >= 15 is 0 Å². The molecule has 3 nitrogen and oxygen atoms in total. The molecule has 0 atom stereocenters. The van der Waals surface area contributed by atoms with Crippen LogP contribution in [-0.2, 0) is 9.53 Å². The minimum Gasteiger partial charge on any atom is -0.462 e. The van der Waals surface area contributed by atoms with Gasteiger partial charge in [-0.1, -0.05) is 30.3 Å². The highest BCUT2D eigenvalue weighted by atomic mass is 127. The number of aromatic nitrogens is 1. The van der Waals surface area contributed by atoms with Gasteiger partial charge in [-0.25, -0.2) is 4.79 Å². The van der Waals surface area contributed by atoms with Crippen molar-refractivity contribution in [3.05, 3.63) is 72.1 Å². The number of ether oxygens (including phenoxy) is 1. The van der Waals surface area contributed by atoms with Crippen molar-refractivity contribution < 1.29 is 14.1 Å². The van der Waals surface area contributed by atoms with Crippen LogP contribution >= 0.6 is 22.6 Å². The van der Waals surface area contributed by atoms with E-state index < -0.39 is 0 Å². The second kappa shape index (κ2) is 6.44. The second-order valence-corrected chi connectivity index (χ2v) is 5.88. The maximum absolute atomic E-state index is 12.2. The van der Waals surface area contributed by atoms with Crippen LogP contribution in [0.1, 0.15) is 18.2 Å². The van der Waals surface area contributed by atoms with Gasteiger partial charge in [-0.3, -0.25) is 0 Å². The van der Waals surface area contributed by atoms with E-state index in [0.29, 0.717) is 12.2 Å². The standard InChI is InChI=1S/C18H15INO2/c1-2-22-18(21)14-12-16(20-11-7-6-10-15(14)20)17(19)13-8-4-3-5-9-13/h3-12H,2H2,1H3/q+1/b17-16+. The van der Waals surface area contributed by atoms with Crippen LogP contribution in [0.3, 0.4) is 0 Å². The molecule has 0 saturated carbocycles. The van der Waals surface area contributed by atoms with Gasteiger partial charge in [0.15, 0.2) is 6.20 Å². The maximum atomic E-state index is 12.2. The zero-order valence-electron chi connectivity index (χ0n) is 12.1. The first-order valence-corrected chi connectivity index (χ1v) is 8.15. The normalized spacial score (nSPS) is 15.1. The third kappa shape index (κ3) is 2.70. The van der Waals surface area contributed by atoms with Crippen molar-refractivity contribution in [1.82, 2.24) is 0 Å². The topological polar surface area (TPSA) is 30.2 Å². The molecule has 0 radical (unpaired) electrons. The molecule has 22 heavy (non-hydrogen) atoms. The Bertz CT molecular complexity index is 779. The Morgan fingerprint density at radius 1 is 1.14 bits per heavy atom. The number of halogens is 1. The molecule has 0 bridgehead atoms. The Hall–Kier alpha value is -1.95. The summed E-state index contributed by atoms with van der Waals surface area (Å²) in [6, 6.07) is 16.0. The first kappa shape index (κ1) is 15.0. The fraction of sp³-hybridized carbons (Fsp3) is 0.111. The van der Waals surface area contributed by atoms with E-state index in [1.54, 1.807) is 0 Å². The number of pyridine rings is 1. The average Bonchev–Trinajstić information content (AvgIpc) is 2.95. The Kier molecular flexibility index (Phi) is 4.38. The van der Waals surface area contributed by atoms with Crippen molar-refractivity contribution in [1.29, 1.82) is 0 Å². The van der Waals surface area contributed by atoms with E-state index in [0.717, 1.165) is 20.5 Å². The molecular formula is C18H15INO2+. The highest BCUT2D eigenvalue weighted by Crippen LogP contribution is 2.32. The molecule has 0 fully saturated rings. The van der Waals surface area contributed by atoms with Gasteiger partial charge in [-0.2, -0.15) is 4.57 Å². The molecule has 3 rings (SSSR count). The molecule has 110 valence electrons. The minimum atomic E-state index is -0.283. The number of allylic oxidation sites excluding steroid dienone is 2. The molecule has 2 heterocycles. The third-order valence-electron chi connectivity index (χ3n) is 3.42. The number of carbonyl (C=O) groups is 1. The van der Waals surface area contributed by atoms with Crippen LogP contribution in [-0.4, -0.2) is 12.6 Å². The third-order valence-corrected chi connectivity index (χ3v) is 4.60. The van der Waals surface area contributed by atoms with Gasteiger partial charge in [0.05, 0.1) is 10.2 Å². The number of hydrogen-bond donors (Lipinski definition) is 0. The highest BCUT2D eigenvalue weighted by Gasteiger charge is 2.33. The predicted molar refractivity (Wildman–Crippen MR) is 94.8 cm³/mol. The summed E-state index contributed by atoms with van der Waals surface area (Å²) < 4.78 is 8.29. The predicted octanol–water partition coefficient (Wildman–Crippen LogP) is 3.70. The number of rotatable bonds is 3. The maximum Gasteiger partial charge on any atom is 0.345 e. The lowest BCUT2D eigenvalue weighted by atomic mass is 10.1. The van der Waals surface area contributed by atoms with Crippen molar-refractivity contribution in [3.63, 3.8) is 0 Å². The van der Waals surface area contributed by atoms with Crippen LogP contribution in [0.2, 0.25) is 0 Å². The minimum absolute atomic E-state index is 0.283. The molecule has 0 unspecified atom stereocenters. The lowest BCUT2D eigenvalue weighted by molar-refractivity contribution is -0.576. The van der Waals surface area contributed by atoms with E-state index in [2.05, 4.69) is 34.7 Å². The SMILES string of the molecule is CCOC(=O)C1=C/C(=C(\I)c2ccccc2)[n+]2ccccc21. The molecule has 0 N–H and O–H groups in total. The molecule has 1 aliphatic rings. The number of hydrogen-bond acceptors (Lipinski definition) is 2. The lowest BCUT2D eigenvalue weighted by Crippen LogP contribution is -2.32. The smallest absolute Gasteiger partial charge is 0.345 e. The quantitative estimate of drug-likeness (QED) is 0.444. The highest BCUT2D eigenvalue weighted by molar-refractivity contribution is 14.1. The van der Waals surface area contributed by atoms with Gasteiger partial charge in [0.2, 0.25) is 11.4 Å². The fourth-order valence-corrected chi connectivity index (χ4v) is 3.20. The van der Waals surface area contributed by atoms with E-state index in [4.69, 9.17) is 4.74 Å². The number of fused-ring (bicyclic) bond motifs is 1. The molecule has 2 aromatic rings. The molecule has 0 saturated heterocycles. The fourth-order valence-electron chi connectivity index (χ4n) is 2.43. The van der Waals surface area contributed by atoms with E-state index in [1.807, 2.05) is 60.2 Å². The number of nitrogens with zero attached hydrogens (tertiary/aromatic N) is 1. The largest absolute Gasteiger partial charge is 0.462 e. The first-order valence-electron chi connectivity index (χ1n) is 7.08. The molecule has 1 aromatic carbocycles. The Morgan fingerprint density at radius 2 is 1.86 bits per heavy atom. The summed E-state index contributed by atoms with van der Waals surface area (Å²) >= 11 is 2.32. The van der Waals surface area contributed by atoms with Crippen molar-refractivity contribution >= 4 is 43.4 Å². The second-order valence-electron chi connectivity index (χ2n) is 4.80.